The number of tetrazole rings is 1. The van der Waals surface area contributed by atoms with E-state index in [1.54, 1.807) is 33.0 Å². The molecule has 35 heavy (non-hydrogen) atoms. The van der Waals surface area contributed by atoms with Crippen molar-refractivity contribution in [1.82, 2.24) is 20.2 Å². The number of aliphatic carboxylic acids is 1. The van der Waals surface area contributed by atoms with E-state index in [0.717, 1.165) is 0 Å². The molecule has 0 aliphatic rings. The molecule has 1 unspecified atom stereocenters. The molecule has 182 valence electrons. The van der Waals surface area contributed by atoms with E-state index in [9.17, 15) is 23.5 Å². The van der Waals surface area contributed by atoms with E-state index in [2.05, 4.69) is 15.5 Å². The van der Waals surface area contributed by atoms with Gasteiger partial charge >= 0.3 is 5.97 Å². The van der Waals surface area contributed by atoms with Gasteiger partial charge in [-0.3, -0.25) is 9.59 Å². The van der Waals surface area contributed by atoms with Gasteiger partial charge in [-0.25, -0.2) is 13.5 Å². The van der Waals surface area contributed by atoms with Crippen LogP contribution in [-0.2, 0) is 16.6 Å². The number of carbonyl (C=O) groups excluding carboxylic acids is 1. The van der Waals surface area contributed by atoms with Crippen LogP contribution in [0.25, 0.3) is 11.1 Å². The molecule has 10 heteroatoms. The first-order valence-corrected chi connectivity index (χ1v) is 10.7. The monoisotopic (exact) mass is 482 g/mol. The Kier molecular flexibility index (Phi) is 7.98. The number of nitrogens with zero attached hydrogens (tertiary/aromatic N) is 4. The Morgan fingerprint density at radius 2 is 1.63 bits per heavy atom. The summed E-state index contributed by atoms with van der Waals surface area (Å²) in [4.78, 5) is 22.6. The van der Waals surface area contributed by atoms with Gasteiger partial charge in [0.05, 0.1) is 6.10 Å². The molecule has 8 nitrogen and oxygen atoms in total. The van der Waals surface area contributed by atoms with Crippen molar-refractivity contribution in [2.45, 2.75) is 32.8 Å². The molecule has 1 atom stereocenters. The lowest BCUT2D eigenvalue weighted by Gasteiger charge is -2.18. The Morgan fingerprint density at radius 3 is 2.09 bits per heavy atom. The second-order valence-electron chi connectivity index (χ2n) is 8.07. The Morgan fingerprint density at radius 1 is 1.06 bits per heavy atom. The maximum Gasteiger partial charge on any atom is 0.310 e. The van der Waals surface area contributed by atoms with Crippen molar-refractivity contribution < 1.29 is 28.6 Å². The minimum Gasteiger partial charge on any atom is -0.481 e. The number of aliphatic hydroxyl groups is 1. The number of hydrogen-bond acceptors (Lipinski definition) is 6. The van der Waals surface area contributed by atoms with Gasteiger partial charge < -0.3 is 10.2 Å². The maximum absolute atomic E-state index is 13.9. The Hall–Kier alpha value is -4.05. The van der Waals surface area contributed by atoms with Gasteiger partial charge in [-0.2, -0.15) is 0 Å². The van der Waals surface area contributed by atoms with E-state index in [0.29, 0.717) is 39.2 Å². The third kappa shape index (κ3) is 6.30. The molecule has 0 amide bonds. The highest BCUT2D eigenvalue weighted by molar-refractivity contribution is 6.02. The number of carboxylic acids is 1. The fourth-order valence-electron chi connectivity index (χ4n) is 3.73. The summed E-state index contributed by atoms with van der Waals surface area (Å²) in [5.41, 5.74) is 3.43. The van der Waals surface area contributed by atoms with E-state index >= 15 is 0 Å². The molecular weight excluding hydrogens is 458 g/mol. The summed E-state index contributed by atoms with van der Waals surface area (Å²) < 4.78 is 29.3. The van der Waals surface area contributed by atoms with Crippen molar-refractivity contribution in [2.24, 2.45) is 7.05 Å². The molecule has 2 N–H and O–H groups in total. The Balaban J connectivity index is 2.25. The molecule has 0 saturated carbocycles. The molecule has 3 rings (SSSR count). The predicted octanol–water partition coefficient (Wildman–Crippen LogP) is 3.42. The van der Waals surface area contributed by atoms with Crippen LogP contribution in [0.4, 0.5) is 8.78 Å². The Bertz CT molecular complexity index is 1280. The van der Waals surface area contributed by atoms with Crippen LogP contribution in [-0.4, -0.2) is 48.3 Å². The summed E-state index contributed by atoms with van der Waals surface area (Å²) in [6.45, 7) is 3.46. The normalized spacial score (nSPS) is 12.1. The average molecular weight is 482 g/mol. The largest absolute Gasteiger partial charge is 0.481 e. The van der Waals surface area contributed by atoms with Crippen molar-refractivity contribution in [1.29, 1.82) is 0 Å². The van der Waals surface area contributed by atoms with Crippen molar-refractivity contribution in [3.8, 4) is 0 Å². The highest BCUT2D eigenvalue weighted by atomic mass is 19.1. The third-order valence-corrected chi connectivity index (χ3v) is 5.32. The van der Waals surface area contributed by atoms with Gasteiger partial charge in [0, 0.05) is 24.6 Å². The number of carboxylic acid groups (broad SMARTS) is 1. The third-order valence-electron chi connectivity index (χ3n) is 5.32. The average Bonchev–Trinajstić information content (AvgIpc) is 3.17. The summed E-state index contributed by atoms with van der Waals surface area (Å²) in [5, 5.41) is 30.8. The standard InChI is InChI=1S/C25H24F2N4O4/c1-14-10-16(26)4-7-20(14)24(21-8-5-17(27)11-15(21)2)22(25-28-29-30-31(25)3)9-6-18(32)12-19(33)13-23(34)35/h4-11,18,32H,12-13H2,1-3H3,(H,34,35). The number of rotatable bonds is 9. The highest BCUT2D eigenvalue weighted by Crippen LogP contribution is 2.36. The number of allylic oxidation sites excluding steroid dienone is 2. The fourth-order valence-corrected chi connectivity index (χ4v) is 3.73. The lowest BCUT2D eigenvalue weighted by atomic mass is 9.87. The van der Waals surface area contributed by atoms with Gasteiger partial charge in [-0.15, -0.1) is 5.10 Å². The number of benzene rings is 2. The quantitative estimate of drug-likeness (QED) is 0.354. The second kappa shape index (κ2) is 10.9. The van der Waals surface area contributed by atoms with Crippen LogP contribution in [0.1, 0.15) is 40.9 Å². The topological polar surface area (TPSA) is 118 Å². The predicted molar refractivity (Wildman–Crippen MR) is 124 cm³/mol. The van der Waals surface area contributed by atoms with E-state index in [1.807, 2.05) is 0 Å². The van der Waals surface area contributed by atoms with Crippen LogP contribution < -0.4 is 0 Å². The molecule has 0 aliphatic heterocycles. The first-order chi connectivity index (χ1) is 16.6. The van der Waals surface area contributed by atoms with E-state index in [-0.39, 0.29) is 0 Å². The maximum atomic E-state index is 13.9. The smallest absolute Gasteiger partial charge is 0.310 e. The van der Waals surface area contributed by atoms with Crippen molar-refractivity contribution in [3.05, 3.63) is 88.3 Å². The molecule has 1 heterocycles. The zero-order valence-corrected chi connectivity index (χ0v) is 19.4. The fraction of sp³-hybridized carbons (Fsp3) is 0.240. The van der Waals surface area contributed by atoms with Crippen molar-refractivity contribution in [2.75, 3.05) is 0 Å². The minimum atomic E-state index is -1.28. The van der Waals surface area contributed by atoms with Gasteiger partial charge in [0.15, 0.2) is 5.82 Å². The molecule has 0 aliphatic carbocycles. The Labute approximate surface area is 200 Å². The molecule has 0 radical (unpaired) electrons. The van der Waals surface area contributed by atoms with Crippen LogP contribution in [0.3, 0.4) is 0 Å². The van der Waals surface area contributed by atoms with Crippen LogP contribution >= 0.6 is 0 Å². The van der Waals surface area contributed by atoms with Crippen molar-refractivity contribution >= 4 is 22.9 Å². The molecule has 0 spiro atoms. The molecule has 0 fully saturated rings. The van der Waals surface area contributed by atoms with E-state index < -0.39 is 42.3 Å². The molecule has 2 aromatic carbocycles. The van der Waals surface area contributed by atoms with Gasteiger partial charge in [-0.1, -0.05) is 24.3 Å². The van der Waals surface area contributed by atoms with Gasteiger partial charge in [0.2, 0.25) is 0 Å². The van der Waals surface area contributed by atoms with Gasteiger partial charge in [0.1, 0.15) is 23.8 Å². The number of carbonyl (C=O) groups is 2. The van der Waals surface area contributed by atoms with E-state index in [4.69, 9.17) is 5.11 Å². The summed E-state index contributed by atoms with van der Waals surface area (Å²) in [6.07, 6.45) is 0.485. The number of hydrogen-bond donors (Lipinski definition) is 2. The number of aromatic nitrogens is 4. The van der Waals surface area contributed by atoms with Gasteiger partial charge in [-0.05, 0) is 70.8 Å². The van der Waals surface area contributed by atoms with Crippen LogP contribution in [0.15, 0.2) is 48.6 Å². The molecule has 1 aromatic heterocycles. The van der Waals surface area contributed by atoms with Crippen molar-refractivity contribution in [3.63, 3.8) is 0 Å². The van der Waals surface area contributed by atoms with Crippen LogP contribution in [0.2, 0.25) is 0 Å². The number of aryl methyl sites for hydroxylation is 3. The molecule has 0 bridgehead atoms. The summed E-state index contributed by atoms with van der Waals surface area (Å²) >= 11 is 0. The lowest BCUT2D eigenvalue weighted by Crippen LogP contribution is -2.14. The number of aliphatic hydroxyl groups excluding tert-OH is 1. The summed E-state index contributed by atoms with van der Waals surface area (Å²) in [7, 11) is 1.61. The lowest BCUT2D eigenvalue weighted by molar-refractivity contribution is -0.140. The first kappa shape index (κ1) is 25.6. The number of halogens is 2. The SMILES string of the molecule is Cc1cc(F)ccc1C(=C(C=CC(O)CC(=O)CC(=O)O)c1nnnn1C)c1ccc(F)cc1C. The van der Waals surface area contributed by atoms with Crippen LogP contribution in [0, 0.1) is 25.5 Å². The van der Waals surface area contributed by atoms with Crippen LogP contribution in [0.5, 0.6) is 0 Å². The zero-order valence-electron chi connectivity index (χ0n) is 19.4. The number of Topliss-reactive ketones (excluding diaryl/α,β-unsaturated/α-hetero) is 1. The second-order valence-corrected chi connectivity index (χ2v) is 8.07. The summed E-state index contributed by atoms with van der Waals surface area (Å²) in [6, 6.07) is 8.52. The van der Waals surface area contributed by atoms with Gasteiger partial charge in [0.25, 0.3) is 0 Å². The minimum absolute atomic E-state index is 0.299. The molecule has 3 aromatic rings. The highest BCUT2D eigenvalue weighted by Gasteiger charge is 2.21. The molecule has 0 saturated heterocycles. The summed E-state index contributed by atoms with van der Waals surface area (Å²) in [5.74, 6) is -2.47. The first-order valence-electron chi connectivity index (χ1n) is 10.7. The zero-order chi connectivity index (χ0) is 25.7. The molecular formula is C25H24F2N4O4. The van der Waals surface area contributed by atoms with E-state index in [1.165, 1.54) is 41.1 Å². The number of ketones is 1.